The van der Waals surface area contributed by atoms with Crippen LogP contribution in [0.3, 0.4) is 0 Å². The maximum absolute atomic E-state index is 12.0. The molecule has 0 aromatic heterocycles. The van der Waals surface area contributed by atoms with Gasteiger partial charge in [-0.1, -0.05) is 17.8 Å². The van der Waals surface area contributed by atoms with Gasteiger partial charge in [-0.05, 0) is 35.5 Å². The van der Waals surface area contributed by atoms with Gasteiger partial charge in [0.2, 0.25) is 10.9 Å². The van der Waals surface area contributed by atoms with Crippen LogP contribution < -0.4 is 14.2 Å². The van der Waals surface area contributed by atoms with E-state index in [1.54, 1.807) is 45.6 Å². The largest absolute Gasteiger partial charge is 0.493 e. The molecule has 5 nitrogen and oxygen atoms in total. The van der Waals surface area contributed by atoms with Gasteiger partial charge in [-0.25, -0.2) is 4.99 Å². The lowest BCUT2D eigenvalue weighted by atomic mass is 10.1. The average molecular weight is 351 g/mol. The van der Waals surface area contributed by atoms with E-state index in [9.17, 15) is 4.79 Å². The molecule has 0 bridgehead atoms. The zero-order valence-electron chi connectivity index (χ0n) is 13.1. The Morgan fingerprint density at radius 2 is 1.87 bits per heavy atom. The first-order valence-corrected chi connectivity index (χ1v) is 8.49. The molecule has 2 rings (SSSR count). The number of hydrogen-bond donors (Lipinski definition) is 0. The molecule has 0 saturated carbocycles. The zero-order chi connectivity index (χ0) is 16.8. The molecule has 0 amide bonds. The molecule has 0 atom stereocenters. The summed E-state index contributed by atoms with van der Waals surface area (Å²) >= 11 is 2.62. The molecule has 0 unspecified atom stereocenters. The normalized spacial score (nSPS) is 15.5. The molecule has 1 heterocycles. The fraction of sp³-hybridized carbons (Fsp3) is 0.250. The second-order valence-corrected chi connectivity index (χ2v) is 6.58. The zero-order valence-corrected chi connectivity index (χ0v) is 14.8. The van der Waals surface area contributed by atoms with Gasteiger partial charge in [0.15, 0.2) is 11.5 Å². The third kappa shape index (κ3) is 4.11. The predicted octanol–water partition coefficient (Wildman–Crippen LogP) is 3.60. The van der Waals surface area contributed by atoms with Crippen molar-refractivity contribution < 1.29 is 19.0 Å². The van der Waals surface area contributed by atoms with Crippen molar-refractivity contribution in [2.75, 3.05) is 27.1 Å². The molecule has 1 aliphatic rings. The molecular weight excluding hydrogens is 334 g/mol. The van der Waals surface area contributed by atoms with Crippen molar-refractivity contribution in [1.29, 1.82) is 0 Å². The van der Waals surface area contributed by atoms with Gasteiger partial charge in [-0.2, -0.15) is 0 Å². The van der Waals surface area contributed by atoms with Crippen molar-refractivity contribution in [3.8, 4) is 17.2 Å². The highest BCUT2D eigenvalue weighted by Crippen LogP contribution is 2.39. The molecule has 0 aliphatic carbocycles. The molecule has 1 aromatic rings. The Bertz CT molecular complexity index is 658. The third-order valence-corrected chi connectivity index (χ3v) is 4.92. The summed E-state index contributed by atoms with van der Waals surface area (Å²) in [5.74, 6) is 2.29. The number of hydrogen-bond acceptors (Lipinski definition) is 7. The van der Waals surface area contributed by atoms with Gasteiger partial charge in [-0.3, -0.25) is 4.79 Å². The van der Waals surface area contributed by atoms with Gasteiger partial charge in [0.05, 0.1) is 21.3 Å². The van der Waals surface area contributed by atoms with Crippen LogP contribution >= 0.6 is 23.5 Å². The molecule has 1 aliphatic heterocycles. The summed E-state index contributed by atoms with van der Waals surface area (Å²) in [7, 11) is 4.64. The van der Waals surface area contributed by atoms with Gasteiger partial charge < -0.3 is 14.2 Å². The van der Waals surface area contributed by atoms with Crippen LogP contribution in [0.1, 0.15) is 5.56 Å². The minimum absolute atomic E-state index is 0.0784. The Kier molecular flexibility index (Phi) is 6.18. The second-order valence-electron chi connectivity index (χ2n) is 4.36. The van der Waals surface area contributed by atoms with Gasteiger partial charge in [-0.15, -0.1) is 6.58 Å². The van der Waals surface area contributed by atoms with Crippen molar-refractivity contribution in [1.82, 2.24) is 0 Å². The van der Waals surface area contributed by atoms with E-state index in [0.717, 1.165) is 27.5 Å². The van der Waals surface area contributed by atoms with Crippen molar-refractivity contribution in [3.63, 3.8) is 0 Å². The monoisotopic (exact) mass is 351 g/mol. The molecule has 0 spiro atoms. The molecule has 0 fully saturated rings. The first kappa shape index (κ1) is 17.5. The number of carbonyl (C=O) groups excluding carboxylic acids is 1. The van der Waals surface area contributed by atoms with Crippen molar-refractivity contribution in [3.05, 3.63) is 36.0 Å². The van der Waals surface area contributed by atoms with E-state index in [1.807, 2.05) is 0 Å². The number of nitrogens with zero attached hydrogens (tertiary/aromatic N) is 1. The van der Waals surface area contributed by atoms with E-state index in [0.29, 0.717) is 22.9 Å². The summed E-state index contributed by atoms with van der Waals surface area (Å²) in [6.07, 6.45) is 3.49. The Morgan fingerprint density at radius 1 is 1.22 bits per heavy atom. The molecule has 122 valence electrons. The van der Waals surface area contributed by atoms with Crippen LogP contribution in [0.25, 0.3) is 6.08 Å². The van der Waals surface area contributed by atoms with E-state index in [-0.39, 0.29) is 5.12 Å². The summed E-state index contributed by atoms with van der Waals surface area (Å²) in [6.45, 7) is 3.66. The van der Waals surface area contributed by atoms with Crippen LogP contribution in [0.2, 0.25) is 0 Å². The summed E-state index contributed by atoms with van der Waals surface area (Å²) in [4.78, 5) is 16.4. The predicted molar refractivity (Wildman–Crippen MR) is 96.8 cm³/mol. The smallest absolute Gasteiger partial charge is 0.244 e. The number of ether oxygens (including phenoxy) is 3. The van der Waals surface area contributed by atoms with Crippen LogP contribution in [-0.2, 0) is 4.79 Å². The van der Waals surface area contributed by atoms with Gasteiger partial charge >= 0.3 is 0 Å². The lowest BCUT2D eigenvalue weighted by molar-refractivity contribution is -0.107. The minimum Gasteiger partial charge on any atom is -0.493 e. The fourth-order valence-corrected chi connectivity index (χ4v) is 3.53. The summed E-state index contributed by atoms with van der Waals surface area (Å²) in [5, 5.41) is -0.0784. The maximum Gasteiger partial charge on any atom is 0.244 e. The molecule has 7 heteroatoms. The van der Waals surface area contributed by atoms with Gasteiger partial charge in [0.25, 0.3) is 0 Å². The van der Waals surface area contributed by atoms with Crippen molar-refractivity contribution in [2.45, 2.75) is 0 Å². The van der Waals surface area contributed by atoms with Crippen LogP contribution in [-0.4, -0.2) is 36.6 Å². The third-order valence-electron chi connectivity index (χ3n) is 2.92. The summed E-state index contributed by atoms with van der Waals surface area (Å²) < 4.78 is 16.6. The van der Waals surface area contributed by atoms with Crippen LogP contribution in [0.15, 0.2) is 35.5 Å². The first-order valence-electron chi connectivity index (χ1n) is 6.69. The molecule has 23 heavy (non-hydrogen) atoms. The Balaban J connectivity index is 2.36. The van der Waals surface area contributed by atoms with Crippen LogP contribution in [0.4, 0.5) is 0 Å². The number of carbonyl (C=O) groups is 1. The van der Waals surface area contributed by atoms with Crippen LogP contribution in [0.5, 0.6) is 17.2 Å². The van der Waals surface area contributed by atoms with Gasteiger partial charge in [0, 0.05) is 5.75 Å². The van der Waals surface area contributed by atoms with E-state index >= 15 is 0 Å². The molecule has 1 aromatic carbocycles. The number of methoxy groups -OCH3 is 3. The fourth-order valence-electron chi connectivity index (χ4n) is 1.92. The number of benzene rings is 1. The summed E-state index contributed by atoms with van der Waals surface area (Å²) in [6, 6.07) is 3.55. The van der Waals surface area contributed by atoms with Gasteiger partial charge in [0.1, 0.15) is 10.1 Å². The van der Waals surface area contributed by atoms with E-state index < -0.39 is 0 Å². The highest BCUT2D eigenvalue weighted by atomic mass is 32.2. The number of thioether (sulfide) groups is 2. The topological polar surface area (TPSA) is 57.1 Å². The number of rotatable bonds is 6. The van der Waals surface area contributed by atoms with Crippen LogP contribution in [0, 0.1) is 0 Å². The Morgan fingerprint density at radius 3 is 2.39 bits per heavy atom. The maximum atomic E-state index is 12.0. The first-order chi connectivity index (χ1) is 11.1. The summed E-state index contributed by atoms with van der Waals surface area (Å²) in [5.41, 5.74) is 1.15. The highest BCUT2D eigenvalue weighted by molar-refractivity contribution is 8.45. The molecule has 0 saturated heterocycles. The average Bonchev–Trinajstić information content (AvgIpc) is 2.91. The quantitative estimate of drug-likeness (QED) is 0.576. The molecular formula is C16H17NO4S2. The van der Waals surface area contributed by atoms with E-state index in [1.165, 1.54) is 11.8 Å². The van der Waals surface area contributed by atoms with Crippen molar-refractivity contribution in [2.24, 2.45) is 4.99 Å². The standard InChI is InChI=1S/C16H17NO4S2/c1-5-6-22-16-17-11(15(18)23-16)7-10-8-12(19-2)14(21-4)13(9-10)20-3/h5,7-9H,1,6H2,2-4H3/b11-7+. The lowest BCUT2D eigenvalue weighted by Gasteiger charge is -2.12. The SMILES string of the molecule is C=CCSC1=N/C(=C/c2cc(OC)c(OC)c(OC)c2)C(=O)S1. The highest BCUT2D eigenvalue weighted by Gasteiger charge is 2.22. The van der Waals surface area contributed by atoms with Crippen molar-refractivity contribution >= 4 is 39.1 Å². The number of aliphatic imine (C=N–C) groups is 1. The second kappa shape index (κ2) is 8.12. The Hall–Kier alpha value is -1.86. The molecule has 0 N–H and O–H groups in total. The Labute approximate surface area is 143 Å². The van der Waals surface area contributed by atoms with E-state index in [4.69, 9.17) is 14.2 Å². The minimum atomic E-state index is -0.0784. The van der Waals surface area contributed by atoms with E-state index in [2.05, 4.69) is 11.6 Å². The lowest BCUT2D eigenvalue weighted by Crippen LogP contribution is -1.96. The molecule has 0 radical (unpaired) electrons.